The first-order valence-electron chi connectivity index (χ1n) is 17.8. The van der Waals surface area contributed by atoms with Crippen LogP contribution in [0.1, 0.15) is 180 Å². The summed E-state index contributed by atoms with van der Waals surface area (Å²) in [4.78, 5) is 33.0. The summed E-state index contributed by atoms with van der Waals surface area (Å²) in [5, 5.41) is 27.1. The molecule has 0 atom stereocenters. The second kappa shape index (κ2) is 29.4. The highest BCUT2D eigenvalue weighted by Gasteiger charge is 2.26. The van der Waals surface area contributed by atoms with E-state index in [4.69, 9.17) is 15.3 Å². The molecule has 7 nitrogen and oxygen atoms in total. The van der Waals surface area contributed by atoms with Crippen molar-refractivity contribution in [3.05, 3.63) is 0 Å². The van der Waals surface area contributed by atoms with Crippen LogP contribution in [0.25, 0.3) is 0 Å². The van der Waals surface area contributed by atoms with Crippen LogP contribution in [0.2, 0.25) is 0 Å². The third-order valence-electron chi connectivity index (χ3n) is 8.81. The predicted octanol–water partition coefficient (Wildman–Crippen LogP) is 9.61. The molecule has 0 rings (SSSR count). The molecular weight excluding hydrogens is 530 g/mol. The van der Waals surface area contributed by atoms with Crippen molar-refractivity contribution >= 4 is 17.9 Å². The van der Waals surface area contributed by atoms with Crippen molar-refractivity contribution in [2.24, 2.45) is 0 Å². The summed E-state index contributed by atoms with van der Waals surface area (Å²) in [5.74, 6) is -2.29. The standard InChI is InChI=1S/C35H67NO6/c1-2-3-4-5-6-7-8-9-10-11-12-13-14-15-16-17-18-22-29-36(30-23-19-26-33(37)38,31-24-20-27-34(39)40)32-25-21-28-35(41)42/h2-32H2,1H3,(H2-,37,38,39,40,41,42)/p+1. The van der Waals surface area contributed by atoms with Gasteiger partial charge in [-0.2, -0.15) is 0 Å². The number of quaternary nitrogens is 1. The normalized spacial score (nSPS) is 11.6. The van der Waals surface area contributed by atoms with Gasteiger partial charge in [-0.05, 0) is 51.4 Å². The van der Waals surface area contributed by atoms with Crippen molar-refractivity contribution in [3.63, 3.8) is 0 Å². The fourth-order valence-corrected chi connectivity index (χ4v) is 6.19. The molecule has 248 valence electrons. The van der Waals surface area contributed by atoms with Crippen LogP contribution in [-0.4, -0.2) is 63.9 Å². The van der Waals surface area contributed by atoms with Gasteiger partial charge in [0.05, 0.1) is 26.2 Å². The molecule has 0 unspecified atom stereocenters. The molecule has 0 radical (unpaired) electrons. The van der Waals surface area contributed by atoms with Gasteiger partial charge in [-0.3, -0.25) is 14.4 Å². The minimum absolute atomic E-state index is 0.178. The van der Waals surface area contributed by atoms with E-state index in [9.17, 15) is 14.4 Å². The van der Waals surface area contributed by atoms with Gasteiger partial charge in [0.15, 0.2) is 0 Å². The van der Waals surface area contributed by atoms with Gasteiger partial charge in [-0.25, -0.2) is 0 Å². The summed E-state index contributed by atoms with van der Waals surface area (Å²) < 4.78 is 0.873. The molecule has 0 aliphatic heterocycles. The highest BCUT2D eigenvalue weighted by molar-refractivity contribution is 5.67. The van der Waals surface area contributed by atoms with Gasteiger partial charge in [0, 0.05) is 19.3 Å². The molecule has 7 heteroatoms. The van der Waals surface area contributed by atoms with Crippen molar-refractivity contribution in [2.45, 2.75) is 180 Å². The molecule has 0 spiro atoms. The van der Waals surface area contributed by atoms with Gasteiger partial charge in [0.2, 0.25) is 0 Å². The summed E-state index contributed by atoms with van der Waals surface area (Å²) in [6.45, 7) is 5.98. The van der Waals surface area contributed by atoms with Crippen molar-refractivity contribution in [1.29, 1.82) is 0 Å². The fraction of sp³-hybridized carbons (Fsp3) is 0.914. The minimum atomic E-state index is -0.764. The van der Waals surface area contributed by atoms with E-state index in [0.717, 1.165) is 56.3 Å². The number of aliphatic carboxylic acids is 3. The van der Waals surface area contributed by atoms with Crippen LogP contribution >= 0.6 is 0 Å². The minimum Gasteiger partial charge on any atom is -0.481 e. The van der Waals surface area contributed by atoms with E-state index in [1.54, 1.807) is 0 Å². The molecule has 0 bridgehead atoms. The number of carboxylic acids is 3. The molecule has 42 heavy (non-hydrogen) atoms. The van der Waals surface area contributed by atoms with Gasteiger partial charge < -0.3 is 19.8 Å². The van der Waals surface area contributed by atoms with E-state index in [0.29, 0.717) is 19.3 Å². The molecule has 0 saturated heterocycles. The Hall–Kier alpha value is -1.63. The Labute approximate surface area is 258 Å². The maximum absolute atomic E-state index is 11.0. The number of carbonyl (C=O) groups is 3. The van der Waals surface area contributed by atoms with Crippen LogP contribution in [0, 0.1) is 0 Å². The lowest BCUT2D eigenvalue weighted by Crippen LogP contribution is -2.51. The average molecular weight is 599 g/mol. The van der Waals surface area contributed by atoms with Gasteiger partial charge in [-0.1, -0.05) is 110 Å². The smallest absolute Gasteiger partial charge is 0.303 e. The molecule has 0 aromatic heterocycles. The first-order chi connectivity index (χ1) is 20.3. The zero-order valence-electron chi connectivity index (χ0n) is 27.4. The molecule has 0 aromatic carbocycles. The van der Waals surface area contributed by atoms with Crippen molar-refractivity contribution in [1.82, 2.24) is 0 Å². The summed E-state index contributed by atoms with van der Waals surface area (Å²) >= 11 is 0. The highest BCUT2D eigenvalue weighted by atomic mass is 16.4. The van der Waals surface area contributed by atoms with E-state index < -0.39 is 17.9 Å². The molecular formula is C35H68NO6+. The topological polar surface area (TPSA) is 112 Å². The fourth-order valence-electron chi connectivity index (χ4n) is 6.19. The lowest BCUT2D eigenvalue weighted by atomic mass is 10.0. The Morgan fingerprint density at radius 1 is 0.357 bits per heavy atom. The quantitative estimate of drug-likeness (QED) is 0.0502. The summed E-state index contributed by atoms with van der Waals surface area (Å²) in [6, 6.07) is 0. The summed E-state index contributed by atoms with van der Waals surface area (Å²) in [6.07, 6.45) is 29.3. The maximum Gasteiger partial charge on any atom is 0.303 e. The van der Waals surface area contributed by atoms with Crippen LogP contribution in [-0.2, 0) is 14.4 Å². The van der Waals surface area contributed by atoms with Gasteiger partial charge >= 0.3 is 17.9 Å². The zero-order valence-corrected chi connectivity index (χ0v) is 27.4. The zero-order chi connectivity index (χ0) is 31.2. The second-order valence-electron chi connectivity index (χ2n) is 12.8. The molecule has 0 aromatic rings. The van der Waals surface area contributed by atoms with Crippen LogP contribution in [0.15, 0.2) is 0 Å². The number of nitrogens with zero attached hydrogens (tertiary/aromatic N) is 1. The van der Waals surface area contributed by atoms with Crippen molar-refractivity contribution in [3.8, 4) is 0 Å². The van der Waals surface area contributed by atoms with Crippen molar-refractivity contribution < 1.29 is 34.2 Å². The number of hydrogen-bond donors (Lipinski definition) is 3. The molecule has 0 heterocycles. The first kappa shape index (κ1) is 40.4. The molecule has 3 N–H and O–H groups in total. The third-order valence-corrected chi connectivity index (χ3v) is 8.81. The van der Waals surface area contributed by atoms with Crippen molar-refractivity contribution in [2.75, 3.05) is 26.2 Å². The molecule has 0 aliphatic rings. The highest BCUT2D eigenvalue weighted by Crippen LogP contribution is 2.20. The molecule has 0 amide bonds. The number of carboxylic acid groups (broad SMARTS) is 3. The Bertz CT molecular complexity index is 598. The van der Waals surface area contributed by atoms with E-state index in [-0.39, 0.29) is 19.3 Å². The van der Waals surface area contributed by atoms with Crippen LogP contribution in [0.4, 0.5) is 0 Å². The van der Waals surface area contributed by atoms with Gasteiger partial charge in [0.25, 0.3) is 0 Å². The predicted molar refractivity (Wildman–Crippen MR) is 173 cm³/mol. The summed E-state index contributed by atoms with van der Waals surface area (Å²) in [7, 11) is 0. The Morgan fingerprint density at radius 2 is 0.571 bits per heavy atom. The number of unbranched alkanes of at least 4 members (excludes halogenated alkanes) is 20. The first-order valence-corrected chi connectivity index (χ1v) is 17.8. The van der Waals surface area contributed by atoms with Gasteiger partial charge in [-0.15, -0.1) is 0 Å². The van der Waals surface area contributed by atoms with E-state index in [1.165, 1.54) is 109 Å². The molecule has 0 saturated carbocycles. The molecule has 0 fully saturated rings. The summed E-state index contributed by atoms with van der Waals surface area (Å²) in [5.41, 5.74) is 0. The lowest BCUT2D eigenvalue weighted by Gasteiger charge is -2.39. The lowest BCUT2D eigenvalue weighted by molar-refractivity contribution is -0.929. The van der Waals surface area contributed by atoms with E-state index in [1.807, 2.05) is 0 Å². The average Bonchev–Trinajstić information content (AvgIpc) is 2.94. The Balaban J connectivity index is 4.29. The van der Waals surface area contributed by atoms with E-state index >= 15 is 0 Å². The Kier molecular flexibility index (Phi) is 28.3. The van der Waals surface area contributed by atoms with Crippen LogP contribution in [0.5, 0.6) is 0 Å². The maximum atomic E-state index is 11.0. The van der Waals surface area contributed by atoms with Gasteiger partial charge in [0.1, 0.15) is 0 Å². The van der Waals surface area contributed by atoms with Crippen LogP contribution < -0.4 is 0 Å². The van der Waals surface area contributed by atoms with Crippen LogP contribution in [0.3, 0.4) is 0 Å². The largest absolute Gasteiger partial charge is 0.481 e. The molecule has 0 aliphatic carbocycles. The van der Waals surface area contributed by atoms with E-state index in [2.05, 4.69) is 6.92 Å². The number of hydrogen-bond acceptors (Lipinski definition) is 3. The number of rotatable bonds is 34. The third kappa shape index (κ3) is 28.5. The Morgan fingerprint density at radius 3 is 0.810 bits per heavy atom. The second-order valence-corrected chi connectivity index (χ2v) is 12.8. The monoisotopic (exact) mass is 599 g/mol. The SMILES string of the molecule is CCCCCCCCCCCCCCCCCCCC[N+](CCCCC(=O)O)(CCCCC(=O)O)CCCCC(=O)O.